The Kier molecular flexibility index (Phi) is 3.84. The Morgan fingerprint density at radius 1 is 1.64 bits per heavy atom. The third kappa shape index (κ3) is 2.43. The van der Waals surface area contributed by atoms with Crippen LogP contribution in [0.2, 0.25) is 0 Å². The van der Waals surface area contributed by atoms with Crippen LogP contribution in [0.25, 0.3) is 0 Å². The standard InChI is InChI=1S/C8H13NO5/c10-3-1-2-9-6(8(12)13)4-14-5-7(9)11/h6,10H,1-5H2,(H,12,13). The van der Waals surface area contributed by atoms with Crippen molar-refractivity contribution in [3.63, 3.8) is 0 Å². The van der Waals surface area contributed by atoms with Gasteiger partial charge in [-0.1, -0.05) is 0 Å². The van der Waals surface area contributed by atoms with E-state index in [1.807, 2.05) is 0 Å². The lowest BCUT2D eigenvalue weighted by Crippen LogP contribution is -2.53. The summed E-state index contributed by atoms with van der Waals surface area (Å²) >= 11 is 0. The zero-order chi connectivity index (χ0) is 10.6. The summed E-state index contributed by atoms with van der Waals surface area (Å²) in [5.41, 5.74) is 0. The Hall–Kier alpha value is -1.14. The molecule has 0 saturated carbocycles. The molecule has 6 nitrogen and oxygen atoms in total. The number of aliphatic hydroxyl groups is 1. The number of hydrogen-bond acceptors (Lipinski definition) is 4. The number of aliphatic carboxylic acids is 1. The van der Waals surface area contributed by atoms with Gasteiger partial charge in [0.05, 0.1) is 6.61 Å². The molecule has 14 heavy (non-hydrogen) atoms. The van der Waals surface area contributed by atoms with Crippen LogP contribution >= 0.6 is 0 Å². The number of carboxylic acid groups (broad SMARTS) is 1. The summed E-state index contributed by atoms with van der Waals surface area (Å²) in [7, 11) is 0. The summed E-state index contributed by atoms with van der Waals surface area (Å²) in [4.78, 5) is 23.2. The molecule has 80 valence electrons. The van der Waals surface area contributed by atoms with Gasteiger partial charge in [-0.15, -0.1) is 0 Å². The second-order valence-corrected chi connectivity index (χ2v) is 3.03. The van der Waals surface area contributed by atoms with Crippen LogP contribution in [0.1, 0.15) is 6.42 Å². The van der Waals surface area contributed by atoms with Gasteiger partial charge >= 0.3 is 5.97 Å². The van der Waals surface area contributed by atoms with Crippen LogP contribution in [-0.4, -0.2) is 59.4 Å². The second-order valence-electron chi connectivity index (χ2n) is 3.03. The normalized spacial score (nSPS) is 22.5. The highest BCUT2D eigenvalue weighted by Gasteiger charge is 2.33. The van der Waals surface area contributed by atoms with E-state index < -0.39 is 12.0 Å². The average Bonchev–Trinajstić information content (AvgIpc) is 2.15. The summed E-state index contributed by atoms with van der Waals surface area (Å²) in [6.45, 7) is 0.147. The maximum atomic E-state index is 11.3. The molecule has 1 atom stereocenters. The van der Waals surface area contributed by atoms with E-state index in [4.69, 9.17) is 14.9 Å². The Labute approximate surface area is 81.1 Å². The van der Waals surface area contributed by atoms with Gasteiger partial charge < -0.3 is 19.8 Å². The molecule has 0 aromatic rings. The molecule has 6 heteroatoms. The molecular formula is C8H13NO5. The molecule has 1 saturated heterocycles. The highest BCUT2D eigenvalue weighted by molar-refractivity contribution is 5.85. The molecular weight excluding hydrogens is 190 g/mol. The van der Waals surface area contributed by atoms with Crippen molar-refractivity contribution in [3.05, 3.63) is 0 Å². The number of carboxylic acids is 1. The van der Waals surface area contributed by atoms with Crippen LogP contribution in [0, 0.1) is 0 Å². The molecule has 0 aromatic carbocycles. The highest BCUT2D eigenvalue weighted by atomic mass is 16.5. The maximum absolute atomic E-state index is 11.3. The number of hydrogen-bond donors (Lipinski definition) is 2. The monoisotopic (exact) mass is 203 g/mol. The maximum Gasteiger partial charge on any atom is 0.328 e. The largest absolute Gasteiger partial charge is 0.480 e. The molecule has 2 N–H and O–H groups in total. The summed E-state index contributed by atoms with van der Waals surface area (Å²) in [5.74, 6) is -1.41. The van der Waals surface area contributed by atoms with Crippen molar-refractivity contribution >= 4 is 11.9 Å². The quantitative estimate of drug-likeness (QED) is 0.591. The zero-order valence-corrected chi connectivity index (χ0v) is 7.68. The second kappa shape index (κ2) is 4.92. The van der Waals surface area contributed by atoms with Crippen LogP contribution in [0.5, 0.6) is 0 Å². The fraction of sp³-hybridized carbons (Fsp3) is 0.750. The average molecular weight is 203 g/mol. The SMILES string of the molecule is O=C(O)C1COCC(=O)N1CCCO. The first-order valence-electron chi connectivity index (χ1n) is 4.37. The number of nitrogens with zero attached hydrogens (tertiary/aromatic N) is 1. The Morgan fingerprint density at radius 2 is 2.36 bits per heavy atom. The minimum Gasteiger partial charge on any atom is -0.480 e. The first-order valence-corrected chi connectivity index (χ1v) is 4.37. The molecule has 0 bridgehead atoms. The summed E-state index contributed by atoms with van der Waals surface area (Å²) in [5, 5.41) is 17.4. The predicted octanol–water partition coefficient (Wildman–Crippen LogP) is -1.32. The lowest BCUT2D eigenvalue weighted by atomic mass is 10.2. The van der Waals surface area contributed by atoms with Gasteiger partial charge in [0.25, 0.3) is 0 Å². The summed E-state index contributed by atoms with van der Waals surface area (Å²) in [6.07, 6.45) is 0.384. The van der Waals surface area contributed by atoms with Crippen molar-refractivity contribution in [1.29, 1.82) is 0 Å². The van der Waals surface area contributed by atoms with Crippen LogP contribution in [0.3, 0.4) is 0 Å². The zero-order valence-electron chi connectivity index (χ0n) is 7.68. The van der Waals surface area contributed by atoms with Crippen molar-refractivity contribution < 1.29 is 24.5 Å². The number of rotatable bonds is 4. The minimum atomic E-state index is -1.07. The molecule has 1 fully saturated rings. The van der Waals surface area contributed by atoms with Gasteiger partial charge in [0.1, 0.15) is 6.61 Å². The van der Waals surface area contributed by atoms with Crippen molar-refractivity contribution in [2.75, 3.05) is 26.4 Å². The number of carbonyl (C=O) groups excluding carboxylic acids is 1. The molecule has 0 aliphatic carbocycles. The van der Waals surface area contributed by atoms with Gasteiger partial charge in [0.15, 0.2) is 6.04 Å². The summed E-state index contributed by atoms with van der Waals surface area (Å²) < 4.78 is 4.83. The third-order valence-electron chi connectivity index (χ3n) is 2.04. The topological polar surface area (TPSA) is 87.1 Å². The molecule has 1 aliphatic rings. The van der Waals surface area contributed by atoms with E-state index in [0.29, 0.717) is 6.42 Å². The molecule has 1 unspecified atom stereocenters. The Bertz CT molecular complexity index is 230. The van der Waals surface area contributed by atoms with Gasteiger partial charge in [-0.25, -0.2) is 4.79 Å². The number of morpholine rings is 1. The molecule has 0 radical (unpaired) electrons. The van der Waals surface area contributed by atoms with E-state index in [1.165, 1.54) is 4.90 Å². The highest BCUT2D eigenvalue weighted by Crippen LogP contribution is 2.08. The van der Waals surface area contributed by atoms with E-state index in [-0.39, 0.29) is 32.3 Å². The molecule has 0 aromatic heterocycles. The van der Waals surface area contributed by atoms with Crippen molar-refractivity contribution in [1.82, 2.24) is 4.90 Å². The van der Waals surface area contributed by atoms with Gasteiger partial charge in [-0.3, -0.25) is 4.79 Å². The van der Waals surface area contributed by atoms with Gasteiger partial charge in [0.2, 0.25) is 5.91 Å². The first-order chi connectivity index (χ1) is 6.66. The van der Waals surface area contributed by atoms with Crippen LogP contribution in [0.4, 0.5) is 0 Å². The van der Waals surface area contributed by atoms with Crippen LogP contribution in [0.15, 0.2) is 0 Å². The lowest BCUT2D eigenvalue weighted by Gasteiger charge is -2.32. The van der Waals surface area contributed by atoms with E-state index in [9.17, 15) is 9.59 Å². The molecule has 1 heterocycles. The summed E-state index contributed by atoms with van der Waals surface area (Å²) in [6, 6.07) is -0.914. The third-order valence-corrected chi connectivity index (χ3v) is 2.04. The number of amides is 1. The van der Waals surface area contributed by atoms with Crippen LogP contribution < -0.4 is 0 Å². The first kappa shape index (κ1) is 10.9. The fourth-order valence-electron chi connectivity index (χ4n) is 1.33. The number of ether oxygens (including phenoxy) is 1. The van der Waals surface area contributed by atoms with Crippen molar-refractivity contribution in [3.8, 4) is 0 Å². The smallest absolute Gasteiger partial charge is 0.328 e. The van der Waals surface area contributed by atoms with E-state index in [2.05, 4.69) is 0 Å². The van der Waals surface area contributed by atoms with E-state index in [0.717, 1.165) is 0 Å². The van der Waals surface area contributed by atoms with Crippen LogP contribution in [-0.2, 0) is 14.3 Å². The van der Waals surface area contributed by atoms with E-state index in [1.54, 1.807) is 0 Å². The molecule has 1 amide bonds. The van der Waals surface area contributed by atoms with Crippen molar-refractivity contribution in [2.24, 2.45) is 0 Å². The molecule has 1 aliphatic heterocycles. The molecule has 1 rings (SSSR count). The fourth-order valence-corrected chi connectivity index (χ4v) is 1.33. The molecule has 0 spiro atoms. The lowest BCUT2D eigenvalue weighted by molar-refractivity contribution is -0.162. The number of carbonyl (C=O) groups is 2. The Balaban J connectivity index is 2.61. The van der Waals surface area contributed by atoms with Gasteiger partial charge in [-0.05, 0) is 6.42 Å². The number of aliphatic hydroxyl groups excluding tert-OH is 1. The van der Waals surface area contributed by atoms with Crippen molar-refractivity contribution in [2.45, 2.75) is 12.5 Å². The van der Waals surface area contributed by atoms with Gasteiger partial charge in [0, 0.05) is 13.2 Å². The Morgan fingerprint density at radius 3 is 2.93 bits per heavy atom. The minimum absolute atomic E-state index is 0.0203. The predicted molar refractivity (Wildman–Crippen MR) is 45.7 cm³/mol. The van der Waals surface area contributed by atoms with E-state index >= 15 is 0 Å². The van der Waals surface area contributed by atoms with Gasteiger partial charge in [-0.2, -0.15) is 0 Å².